The zero-order valence-corrected chi connectivity index (χ0v) is 12.1. The molecule has 1 saturated heterocycles. The molecule has 1 atom stereocenters. The highest BCUT2D eigenvalue weighted by Crippen LogP contribution is 2.15. The first-order chi connectivity index (χ1) is 9.54. The van der Waals surface area contributed by atoms with Crippen LogP contribution in [0.1, 0.15) is 17.4 Å². The van der Waals surface area contributed by atoms with Crippen LogP contribution in [-0.4, -0.2) is 65.2 Å². The van der Waals surface area contributed by atoms with E-state index >= 15 is 0 Å². The van der Waals surface area contributed by atoms with Crippen LogP contribution >= 0.6 is 11.3 Å². The van der Waals surface area contributed by atoms with Gasteiger partial charge in [0, 0.05) is 32.4 Å². The Morgan fingerprint density at radius 3 is 2.70 bits per heavy atom. The maximum atomic E-state index is 12.4. The van der Waals surface area contributed by atoms with E-state index in [2.05, 4.69) is 10.3 Å². The summed E-state index contributed by atoms with van der Waals surface area (Å²) in [5.74, 6) is -0.651. The largest absolute Gasteiger partial charge is 0.357 e. The van der Waals surface area contributed by atoms with Gasteiger partial charge in [-0.05, 0) is 0 Å². The van der Waals surface area contributed by atoms with Crippen molar-refractivity contribution in [3.8, 4) is 0 Å². The van der Waals surface area contributed by atoms with Crippen molar-refractivity contribution in [2.45, 2.75) is 13.0 Å². The molecule has 20 heavy (non-hydrogen) atoms. The Balaban J connectivity index is 2.20. The Hall–Kier alpha value is -1.96. The number of piperazine rings is 1. The van der Waals surface area contributed by atoms with Gasteiger partial charge in [-0.2, -0.15) is 0 Å². The SMILES string of the molecule is CNC(=O)[C@H]1CN(C(C)=O)CCN1C(=O)c1cscn1. The van der Waals surface area contributed by atoms with Crippen LogP contribution in [-0.2, 0) is 9.59 Å². The van der Waals surface area contributed by atoms with Gasteiger partial charge < -0.3 is 15.1 Å². The van der Waals surface area contributed by atoms with Crippen LogP contribution in [0.5, 0.6) is 0 Å². The van der Waals surface area contributed by atoms with E-state index in [0.717, 1.165) is 0 Å². The van der Waals surface area contributed by atoms with Gasteiger partial charge >= 0.3 is 0 Å². The topological polar surface area (TPSA) is 82.6 Å². The summed E-state index contributed by atoms with van der Waals surface area (Å²) in [5.41, 5.74) is 1.91. The molecule has 3 amide bonds. The van der Waals surface area contributed by atoms with E-state index in [1.54, 1.807) is 15.8 Å². The Labute approximate surface area is 120 Å². The van der Waals surface area contributed by atoms with E-state index in [9.17, 15) is 14.4 Å². The van der Waals surface area contributed by atoms with Gasteiger partial charge in [0.25, 0.3) is 5.91 Å². The molecule has 1 fully saturated rings. The second-order valence-electron chi connectivity index (χ2n) is 4.47. The van der Waals surface area contributed by atoms with Gasteiger partial charge in [0.05, 0.1) is 12.1 Å². The van der Waals surface area contributed by atoms with Gasteiger partial charge in [-0.3, -0.25) is 14.4 Å². The molecule has 0 saturated carbocycles. The third-order valence-corrected chi connectivity index (χ3v) is 3.87. The van der Waals surface area contributed by atoms with Crippen molar-refractivity contribution in [2.75, 3.05) is 26.7 Å². The first-order valence-electron chi connectivity index (χ1n) is 6.21. The number of likely N-dealkylation sites (N-methyl/N-ethyl adjacent to an activating group) is 1. The summed E-state index contributed by atoms with van der Waals surface area (Å²) in [6.07, 6.45) is 0. The summed E-state index contributed by atoms with van der Waals surface area (Å²) in [4.78, 5) is 42.8. The zero-order valence-electron chi connectivity index (χ0n) is 11.3. The second kappa shape index (κ2) is 6.00. The summed E-state index contributed by atoms with van der Waals surface area (Å²) in [7, 11) is 1.51. The minimum absolute atomic E-state index is 0.0975. The monoisotopic (exact) mass is 296 g/mol. The Morgan fingerprint density at radius 2 is 2.15 bits per heavy atom. The van der Waals surface area contributed by atoms with E-state index in [1.165, 1.54) is 30.2 Å². The number of aromatic nitrogens is 1. The van der Waals surface area contributed by atoms with Gasteiger partial charge in [-0.1, -0.05) is 0 Å². The number of thiazole rings is 1. The third-order valence-electron chi connectivity index (χ3n) is 3.29. The van der Waals surface area contributed by atoms with Crippen molar-refractivity contribution >= 4 is 29.1 Å². The van der Waals surface area contributed by atoms with Crippen LogP contribution in [0.3, 0.4) is 0 Å². The average molecular weight is 296 g/mol. The van der Waals surface area contributed by atoms with E-state index in [1.807, 2.05) is 0 Å². The predicted molar refractivity (Wildman–Crippen MR) is 73.3 cm³/mol. The summed E-state index contributed by atoms with van der Waals surface area (Å²) < 4.78 is 0. The lowest BCUT2D eigenvalue weighted by atomic mass is 10.1. The van der Waals surface area contributed by atoms with Crippen LogP contribution in [0.4, 0.5) is 0 Å². The van der Waals surface area contributed by atoms with Gasteiger partial charge in [0.1, 0.15) is 11.7 Å². The molecular weight excluding hydrogens is 280 g/mol. The minimum atomic E-state index is -0.674. The first-order valence-corrected chi connectivity index (χ1v) is 7.15. The molecule has 1 aromatic rings. The highest BCUT2D eigenvalue weighted by molar-refractivity contribution is 7.07. The molecule has 108 valence electrons. The van der Waals surface area contributed by atoms with Crippen molar-refractivity contribution in [3.05, 3.63) is 16.6 Å². The van der Waals surface area contributed by atoms with Crippen LogP contribution < -0.4 is 5.32 Å². The zero-order chi connectivity index (χ0) is 14.7. The smallest absolute Gasteiger partial charge is 0.274 e. The molecular formula is C12H16N4O3S. The van der Waals surface area contributed by atoms with E-state index < -0.39 is 6.04 Å². The molecule has 8 heteroatoms. The highest BCUT2D eigenvalue weighted by Gasteiger charge is 2.36. The lowest BCUT2D eigenvalue weighted by Crippen LogP contribution is -2.61. The maximum Gasteiger partial charge on any atom is 0.274 e. The quantitative estimate of drug-likeness (QED) is 0.802. The lowest BCUT2D eigenvalue weighted by Gasteiger charge is -2.39. The molecule has 0 aromatic carbocycles. The number of hydrogen-bond acceptors (Lipinski definition) is 5. The highest BCUT2D eigenvalue weighted by atomic mass is 32.1. The van der Waals surface area contributed by atoms with Gasteiger partial charge in [-0.15, -0.1) is 11.3 Å². The minimum Gasteiger partial charge on any atom is -0.357 e. The maximum absolute atomic E-state index is 12.4. The molecule has 0 aliphatic carbocycles. The van der Waals surface area contributed by atoms with Crippen molar-refractivity contribution < 1.29 is 14.4 Å². The fourth-order valence-electron chi connectivity index (χ4n) is 2.17. The van der Waals surface area contributed by atoms with E-state index in [0.29, 0.717) is 18.8 Å². The number of rotatable bonds is 2. The third kappa shape index (κ3) is 2.79. The fourth-order valence-corrected chi connectivity index (χ4v) is 2.69. The summed E-state index contributed by atoms with van der Waals surface area (Å²) in [5, 5.41) is 4.19. The molecule has 0 bridgehead atoms. The lowest BCUT2D eigenvalue weighted by molar-refractivity contribution is -0.135. The van der Waals surface area contributed by atoms with Crippen molar-refractivity contribution in [1.29, 1.82) is 0 Å². The number of amides is 3. The Kier molecular flexibility index (Phi) is 4.33. The number of carbonyl (C=O) groups is 3. The predicted octanol–water partition coefficient (Wildman–Crippen LogP) is -0.438. The summed E-state index contributed by atoms with van der Waals surface area (Å²) in [6, 6.07) is -0.674. The molecule has 7 nitrogen and oxygen atoms in total. The van der Waals surface area contributed by atoms with E-state index in [4.69, 9.17) is 0 Å². The second-order valence-corrected chi connectivity index (χ2v) is 5.19. The standard InChI is InChI=1S/C12H16N4O3S/c1-8(17)15-3-4-16(10(5-15)11(18)13-2)12(19)9-6-20-7-14-9/h6-7,10H,3-5H2,1-2H3,(H,13,18)/t10-/m1/s1. The van der Waals surface area contributed by atoms with Gasteiger partial charge in [0.2, 0.25) is 11.8 Å². The van der Waals surface area contributed by atoms with Crippen molar-refractivity contribution in [3.63, 3.8) is 0 Å². The van der Waals surface area contributed by atoms with Crippen LogP contribution in [0.2, 0.25) is 0 Å². The molecule has 0 radical (unpaired) electrons. The molecule has 0 unspecified atom stereocenters. The van der Waals surface area contributed by atoms with Crippen LogP contribution in [0.25, 0.3) is 0 Å². The number of nitrogens with one attached hydrogen (secondary N) is 1. The molecule has 1 aliphatic heterocycles. The van der Waals surface area contributed by atoms with Gasteiger partial charge in [-0.25, -0.2) is 4.98 Å². The molecule has 1 aliphatic rings. The number of hydrogen-bond donors (Lipinski definition) is 1. The van der Waals surface area contributed by atoms with Gasteiger partial charge in [0.15, 0.2) is 0 Å². The molecule has 0 spiro atoms. The normalized spacial score (nSPS) is 18.8. The van der Waals surface area contributed by atoms with Crippen molar-refractivity contribution in [1.82, 2.24) is 20.1 Å². The average Bonchev–Trinajstić information content (AvgIpc) is 2.99. The number of carbonyl (C=O) groups excluding carboxylic acids is 3. The summed E-state index contributed by atoms with van der Waals surface area (Å²) in [6.45, 7) is 2.43. The van der Waals surface area contributed by atoms with Crippen LogP contribution in [0, 0.1) is 0 Å². The molecule has 2 heterocycles. The Morgan fingerprint density at radius 1 is 1.40 bits per heavy atom. The first kappa shape index (κ1) is 14.4. The fraction of sp³-hybridized carbons (Fsp3) is 0.500. The number of nitrogens with zero attached hydrogens (tertiary/aromatic N) is 3. The van der Waals surface area contributed by atoms with Crippen LogP contribution in [0.15, 0.2) is 10.9 Å². The molecule has 1 N–H and O–H groups in total. The van der Waals surface area contributed by atoms with Crippen molar-refractivity contribution in [2.24, 2.45) is 0 Å². The van der Waals surface area contributed by atoms with E-state index in [-0.39, 0.29) is 24.3 Å². The molecule has 1 aromatic heterocycles. The Bertz CT molecular complexity index is 517. The molecule has 2 rings (SSSR count). The summed E-state index contributed by atoms with van der Waals surface area (Å²) >= 11 is 1.33.